The van der Waals surface area contributed by atoms with E-state index in [-0.39, 0.29) is 22.8 Å². The molecule has 13 heteroatoms. The first-order chi connectivity index (χ1) is 24.0. The van der Waals surface area contributed by atoms with E-state index in [9.17, 15) is 0 Å². The molecule has 0 amide bonds. The van der Waals surface area contributed by atoms with Gasteiger partial charge in [0.2, 0.25) is 0 Å². The van der Waals surface area contributed by atoms with Crippen molar-refractivity contribution in [1.82, 2.24) is 8.46 Å². The quantitative estimate of drug-likeness (QED) is 0.0528. The minimum atomic E-state index is -3.09. The summed E-state index contributed by atoms with van der Waals surface area (Å²) in [6.45, 7) is 32.5. The van der Waals surface area contributed by atoms with Gasteiger partial charge in [-0.2, -0.15) is 0 Å². The van der Waals surface area contributed by atoms with Crippen LogP contribution in [0.1, 0.15) is 149 Å². The van der Waals surface area contributed by atoms with E-state index in [1.807, 2.05) is 0 Å². The lowest BCUT2D eigenvalue weighted by molar-refractivity contribution is 0.0646. The van der Waals surface area contributed by atoms with Crippen LogP contribution in [0.4, 0.5) is 0 Å². The second kappa shape index (κ2) is 24.3. The Labute approximate surface area is 346 Å². The van der Waals surface area contributed by atoms with Gasteiger partial charge in [0, 0.05) is 11.3 Å². The van der Waals surface area contributed by atoms with Crippen molar-refractivity contribution in [2.45, 2.75) is 245 Å². The van der Waals surface area contributed by atoms with Crippen molar-refractivity contribution in [2.24, 2.45) is 0 Å². The predicted molar refractivity (Wildman–Crippen MR) is 254 cm³/mol. The average Bonchev–Trinajstić information content (AvgIpc) is 3.15. The van der Waals surface area contributed by atoms with E-state index in [2.05, 4.69) is 119 Å². The lowest BCUT2D eigenvalue weighted by Gasteiger charge is -2.59. The molecule has 0 aliphatic carbocycles. The molecule has 51 heavy (non-hydrogen) atoms. The molecule has 0 heterocycles. The molecule has 0 rings (SSSR count). The Bertz CT molecular complexity index is 791. The van der Waals surface area contributed by atoms with Crippen LogP contribution in [0.3, 0.4) is 0 Å². The molecule has 0 N–H and O–H groups in total. The van der Waals surface area contributed by atoms with Crippen LogP contribution >= 0.6 is 44.3 Å². The van der Waals surface area contributed by atoms with Crippen molar-refractivity contribution in [3.8, 4) is 0 Å². The van der Waals surface area contributed by atoms with E-state index >= 15 is 0 Å². The molecule has 0 spiro atoms. The second-order valence-corrected chi connectivity index (χ2v) is 50.9. The van der Waals surface area contributed by atoms with Crippen LogP contribution in [0.2, 0.25) is 72.5 Å². The van der Waals surface area contributed by atoms with Gasteiger partial charge in [-0.05, 0) is 98.2 Å². The maximum atomic E-state index is 8.14. The summed E-state index contributed by atoms with van der Waals surface area (Å²) in [6.07, 6.45) is 5.86. The van der Waals surface area contributed by atoms with Crippen LogP contribution in [-0.4, -0.2) is 77.6 Å². The minimum absolute atomic E-state index is 0.191. The smallest absolute Gasteiger partial charge is 0.294 e. The summed E-state index contributed by atoms with van der Waals surface area (Å²) in [5, 5.41) is 0. The fourth-order valence-electron chi connectivity index (χ4n) is 10.5. The largest absolute Gasteiger partial charge is 0.376 e. The highest BCUT2D eigenvalue weighted by atomic mass is 35.7. The lowest BCUT2D eigenvalue weighted by Crippen LogP contribution is -2.75. The fourth-order valence-corrected chi connectivity index (χ4v) is 54.9. The first kappa shape index (κ1) is 53.3. The summed E-state index contributed by atoms with van der Waals surface area (Å²) < 4.78 is 13.9. The molecule has 0 aromatic heterocycles. The molecule has 0 bridgehead atoms. The lowest BCUT2D eigenvalue weighted by atomic mass is 10.3. The molecule has 3 nitrogen and oxygen atoms in total. The zero-order valence-electron chi connectivity index (χ0n) is 36.9. The molecule has 0 fully saturated rings. The zero-order valence-corrected chi connectivity index (χ0v) is 45.9. The number of rotatable bonds is 30. The molecular weight excluding hydrogens is 811 g/mol. The van der Waals surface area contributed by atoms with Gasteiger partial charge < -0.3 is 13.2 Å². The van der Waals surface area contributed by atoms with Gasteiger partial charge in [0.15, 0.2) is 0 Å². The van der Waals surface area contributed by atoms with Gasteiger partial charge in [-0.3, -0.25) is 0 Å². The first-order valence-electron chi connectivity index (χ1n) is 22.0. The zero-order chi connectivity index (χ0) is 39.9. The highest BCUT2D eigenvalue weighted by Crippen LogP contribution is 2.48. The van der Waals surface area contributed by atoms with Crippen LogP contribution in [0, 0.1) is 0 Å². The van der Waals surface area contributed by atoms with E-state index in [0.29, 0.717) is 0 Å². The molecule has 0 saturated heterocycles. The molecule has 308 valence electrons. The van der Waals surface area contributed by atoms with Crippen molar-refractivity contribution in [3.63, 3.8) is 0 Å². The molecule has 0 aromatic rings. The Morgan fingerprint density at radius 1 is 0.373 bits per heavy atom. The van der Waals surface area contributed by atoms with Crippen molar-refractivity contribution in [1.29, 1.82) is 0 Å². The third kappa shape index (κ3) is 11.3. The van der Waals surface area contributed by atoms with Gasteiger partial charge in [0.25, 0.3) is 13.4 Å². The third-order valence-electron chi connectivity index (χ3n) is 14.5. The van der Waals surface area contributed by atoms with Crippen LogP contribution in [0.5, 0.6) is 0 Å². The van der Waals surface area contributed by atoms with E-state index in [1.54, 1.807) is 0 Å². The molecule has 4 unspecified atom stereocenters. The van der Waals surface area contributed by atoms with E-state index < -0.39 is 46.3 Å². The first-order valence-corrected chi connectivity index (χ1v) is 40.6. The number of hydrogen-bond acceptors (Lipinski definition) is 3. The van der Waals surface area contributed by atoms with Gasteiger partial charge in [-0.15, -0.1) is 44.3 Å². The SMILES string of the molecule is CCCC(N([Si](CC)(CC)CC)[Si](CC)(CC)CC)[Si](Cl)(Cl)C(CC)OC(CC)[Si](Cl)(Cl)C(CCC)N([Si](CC)(CC)CC)[Si](CC)(CC)CC. The standard InChI is InChI=1S/C38H88Cl4N2OSi6/c1-17-33-35(43(46(21-5,22-6)23-7)47(24-8,25-9)26-10)50(39,40)37(19-3)45-38(20-4)51(41,42)36(34-18-2)44(48(27-11,28-12)29-13)49(30-14,31-15)32-16/h35-38H,17-34H2,1-16H3. The monoisotopic (exact) mass is 896 g/mol. The van der Waals surface area contributed by atoms with Crippen molar-refractivity contribution in [3.05, 3.63) is 0 Å². The molecule has 4 atom stereocenters. The highest BCUT2D eigenvalue weighted by Gasteiger charge is 2.61. The predicted octanol–water partition coefficient (Wildman–Crippen LogP) is 15.5. The Morgan fingerprint density at radius 3 is 0.706 bits per heavy atom. The molecule has 0 aliphatic heterocycles. The fraction of sp³-hybridized carbons (Fsp3) is 1.00. The van der Waals surface area contributed by atoms with E-state index in [4.69, 9.17) is 49.1 Å². The molecule has 0 aliphatic rings. The molecule has 0 saturated carbocycles. The van der Waals surface area contributed by atoms with Crippen LogP contribution < -0.4 is 0 Å². The van der Waals surface area contributed by atoms with Crippen molar-refractivity contribution in [2.75, 3.05) is 0 Å². The summed E-state index contributed by atoms with van der Waals surface area (Å²) in [7, 11) is -7.38. The third-order valence-corrected chi connectivity index (χ3v) is 54.0. The van der Waals surface area contributed by atoms with Gasteiger partial charge in [-0.25, -0.2) is 0 Å². The van der Waals surface area contributed by atoms with Gasteiger partial charge in [0.1, 0.15) is 32.9 Å². The minimum Gasteiger partial charge on any atom is -0.376 e. The Morgan fingerprint density at radius 2 is 0.569 bits per heavy atom. The van der Waals surface area contributed by atoms with E-state index in [0.717, 1.165) is 38.5 Å². The Hall–Kier alpha value is 2.34. The Kier molecular flexibility index (Phi) is 25.4. The number of nitrogens with zero attached hydrogens (tertiary/aromatic N) is 2. The number of halogens is 4. The van der Waals surface area contributed by atoms with E-state index in [1.165, 1.54) is 72.5 Å². The Balaban J connectivity index is 7.71. The summed E-state index contributed by atoms with van der Waals surface area (Å²) in [6, 6.07) is 15.1. The van der Waals surface area contributed by atoms with Gasteiger partial charge in [0.05, 0.1) is 11.5 Å². The summed E-state index contributed by atoms with van der Waals surface area (Å²) >= 11 is 32.6. The molecule has 0 aromatic carbocycles. The summed E-state index contributed by atoms with van der Waals surface area (Å²) in [5.41, 5.74) is -0.0423. The number of hydrogen-bond donors (Lipinski definition) is 0. The van der Waals surface area contributed by atoms with Gasteiger partial charge in [-0.1, -0.05) is 124 Å². The van der Waals surface area contributed by atoms with Gasteiger partial charge >= 0.3 is 0 Å². The average molecular weight is 899 g/mol. The van der Waals surface area contributed by atoms with Crippen LogP contribution in [0.25, 0.3) is 0 Å². The maximum absolute atomic E-state index is 8.14. The van der Waals surface area contributed by atoms with Crippen LogP contribution in [-0.2, 0) is 4.74 Å². The van der Waals surface area contributed by atoms with Crippen LogP contribution in [0.15, 0.2) is 0 Å². The summed E-state index contributed by atoms with van der Waals surface area (Å²) in [5.74, 6) is 0. The molecular formula is C38H88Cl4N2OSi6. The normalized spacial score (nSPS) is 16.6. The van der Waals surface area contributed by atoms with Crippen molar-refractivity contribution >= 4 is 90.6 Å². The topological polar surface area (TPSA) is 15.7 Å². The number of ether oxygens (including phenoxy) is 1. The highest BCUT2D eigenvalue weighted by molar-refractivity contribution is 7.47. The second-order valence-electron chi connectivity index (χ2n) is 15.8. The molecule has 0 radical (unpaired) electrons. The van der Waals surface area contributed by atoms with Crippen molar-refractivity contribution < 1.29 is 4.74 Å². The summed E-state index contributed by atoms with van der Waals surface area (Å²) in [4.78, 5) is 0. The maximum Gasteiger partial charge on any atom is 0.294 e.